The summed E-state index contributed by atoms with van der Waals surface area (Å²) in [5, 5.41) is 30.1. The van der Waals surface area contributed by atoms with Crippen LogP contribution < -0.4 is 49.7 Å². The quantitative estimate of drug-likeness (QED) is 0.0862. The van der Waals surface area contributed by atoms with E-state index in [0.29, 0.717) is 38.9 Å². The van der Waals surface area contributed by atoms with Gasteiger partial charge in [0.1, 0.15) is 0 Å². The number of carbonyl (C=O) groups excluding carboxylic acids is 3. The summed E-state index contributed by atoms with van der Waals surface area (Å²) >= 11 is 0. The maximum Gasteiger partial charge on any atom is 3.00 e. The van der Waals surface area contributed by atoms with Crippen molar-refractivity contribution in [2.45, 2.75) is 75.9 Å². The molecular weight excluding hydrogens is 488 g/mol. The topological polar surface area (TPSA) is 277 Å². The van der Waals surface area contributed by atoms with E-state index in [1.807, 2.05) is 0 Å². The maximum absolute atomic E-state index is 10.0. The Labute approximate surface area is 207 Å². The molecule has 0 saturated heterocycles. The smallest absolute Gasteiger partial charge is 0.548 e. The van der Waals surface area contributed by atoms with E-state index in [2.05, 4.69) is 0 Å². The number of rotatable bonds is 15. The van der Waals surface area contributed by atoms with E-state index in [1.54, 1.807) is 0 Å². The Hall–Kier alpha value is -1.02. The maximum atomic E-state index is 10.0. The minimum atomic E-state index is -1.18. The van der Waals surface area contributed by atoms with Gasteiger partial charge in [0, 0.05) is 18.1 Å². The zero-order valence-corrected chi connectivity index (χ0v) is 20.3. The fourth-order valence-electron chi connectivity index (χ4n) is 1.88. The van der Waals surface area contributed by atoms with Crippen molar-refractivity contribution in [2.24, 2.45) is 34.4 Å². The van der Waals surface area contributed by atoms with Crippen molar-refractivity contribution in [3.05, 3.63) is 0 Å². The van der Waals surface area contributed by atoms with Gasteiger partial charge in [0.15, 0.2) is 0 Å². The zero-order valence-electron chi connectivity index (χ0n) is 18.4. The van der Waals surface area contributed by atoms with Gasteiger partial charge in [-0.1, -0.05) is 19.3 Å². The molecule has 0 amide bonds. The van der Waals surface area contributed by atoms with E-state index in [0.717, 1.165) is 38.5 Å². The van der Waals surface area contributed by atoms with Gasteiger partial charge in [-0.15, -0.1) is 12.4 Å². The summed E-state index contributed by atoms with van der Waals surface area (Å²) in [7, 11) is 0. The molecule has 0 aliphatic heterocycles. The van der Waals surface area contributed by atoms with E-state index >= 15 is 0 Å². The van der Waals surface area contributed by atoms with Crippen molar-refractivity contribution in [1.29, 1.82) is 0 Å². The molecule has 0 fully saturated rings. The molecule has 0 aliphatic rings. The SMILES string of the molecule is Cl.NCCCC[C@H](N)C(=O)[O-].NCCCC[C@H](N)C(=O)[O-].NCCCC[C@H](N)C(=O)[O-].[Fe+3]. The first-order chi connectivity index (χ1) is 14.0. The monoisotopic (exact) mass is 527 g/mol. The standard InChI is InChI=1S/3C6H14N2O2.ClH.Fe/c3*7-4-2-1-3-5(8)6(9)10;;/h3*5H,1-4,7-8H2,(H,9,10);1H;/q;;;;+3/p-3/t3*5-;;/m000../s1. The summed E-state index contributed by atoms with van der Waals surface area (Å²) in [4.78, 5) is 30.1. The van der Waals surface area contributed by atoms with Gasteiger partial charge in [-0.2, -0.15) is 0 Å². The second-order valence-corrected chi connectivity index (χ2v) is 6.63. The number of halogens is 1. The summed E-state index contributed by atoms with van der Waals surface area (Å²) in [6.45, 7) is 1.75. The Kier molecular flexibility index (Phi) is 38.6. The number of unbranched alkanes of at least 4 members (excludes halogenated alkanes) is 3. The van der Waals surface area contributed by atoms with Crippen LogP contribution in [0.2, 0.25) is 0 Å². The van der Waals surface area contributed by atoms with Crippen LogP contribution in [0.4, 0.5) is 0 Å². The van der Waals surface area contributed by atoms with Crippen LogP contribution in [0.25, 0.3) is 0 Å². The molecule has 193 valence electrons. The first-order valence-corrected chi connectivity index (χ1v) is 10.0. The Morgan fingerprint density at radius 1 is 0.531 bits per heavy atom. The molecule has 0 saturated carbocycles. The number of hydrogen-bond donors (Lipinski definition) is 6. The van der Waals surface area contributed by atoms with Gasteiger partial charge in [0.05, 0.1) is 17.9 Å². The first-order valence-electron chi connectivity index (χ1n) is 10.0. The third kappa shape index (κ3) is 33.6. The predicted molar refractivity (Wildman–Crippen MR) is 115 cm³/mol. The number of aliphatic carboxylic acids is 3. The molecule has 0 aromatic rings. The van der Waals surface area contributed by atoms with Gasteiger partial charge in [-0.3, -0.25) is 0 Å². The van der Waals surface area contributed by atoms with Crippen LogP contribution in [0, 0.1) is 0 Å². The van der Waals surface area contributed by atoms with Crippen molar-refractivity contribution in [1.82, 2.24) is 0 Å². The molecule has 14 heteroatoms. The molecule has 12 nitrogen and oxygen atoms in total. The third-order valence-corrected chi connectivity index (χ3v) is 3.82. The number of carboxylic acid groups (broad SMARTS) is 3. The van der Waals surface area contributed by atoms with E-state index in [1.165, 1.54) is 0 Å². The van der Waals surface area contributed by atoms with Crippen molar-refractivity contribution in [2.75, 3.05) is 19.6 Å². The number of hydrogen-bond acceptors (Lipinski definition) is 12. The Morgan fingerprint density at radius 2 is 0.719 bits per heavy atom. The molecule has 1 radical (unpaired) electrons. The minimum Gasteiger partial charge on any atom is -0.548 e. The molecule has 0 aromatic carbocycles. The van der Waals surface area contributed by atoms with Crippen LogP contribution in [0.15, 0.2) is 0 Å². The largest absolute Gasteiger partial charge is 3.00 e. The van der Waals surface area contributed by atoms with Gasteiger partial charge in [-0.25, -0.2) is 0 Å². The summed E-state index contributed by atoms with van der Waals surface area (Å²) in [5.74, 6) is -3.55. The average Bonchev–Trinajstić information content (AvgIpc) is 2.69. The van der Waals surface area contributed by atoms with E-state index in [9.17, 15) is 29.7 Å². The van der Waals surface area contributed by atoms with Gasteiger partial charge >= 0.3 is 17.1 Å². The predicted octanol–water partition coefficient (Wildman–Crippen LogP) is -5.00. The molecular formula is C18H40ClFeN6O6. The molecule has 0 rings (SSSR count). The van der Waals surface area contributed by atoms with Gasteiger partial charge < -0.3 is 64.1 Å². The molecule has 0 aromatic heterocycles. The van der Waals surface area contributed by atoms with E-state index < -0.39 is 36.0 Å². The summed E-state index contributed by atoms with van der Waals surface area (Å²) in [6.07, 6.45) is 6.10. The van der Waals surface area contributed by atoms with Crippen LogP contribution in [-0.2, 0) is 31.5 Å². The van der Waals surface area contributed by atoms with E-state index in [-0.39, 0.29) is 29.5 Å². The van der Waals surface area contributed by atoms with Gasteiger partial charge in [0.2, 0.25) is 0 Å². The molecule has 0 bridgehead atoms. The van der Waals surface area contributed by atoms with Crippen molar-refractivity contribution in [3.63, 3.8) is 0 Å². The molecule has 3 atom stereocenters. The average molecular weight is 528 g/mol. The van der Waals surface area contributed by atoms with E-state index in [4.69, 9.17) is 34.4 Å². The number of carboxylic acids is 3. The molecule has 32 heavy (non-hydrogen) atoms. The van der Waals surface area contributed by atoms with Crippen LogP contribution in [-0.4, -0.2) is 55.7 Å². The first kappa shape index (κ1) is 41.3. The molecule has 12 N–H and O–H groups in total. The van der Waals surface area contributed by atoms with Crippen molar-refractivity contribution < 1.29 is 46.8 Å². The third-order valence-electron chi connectivity index (χ3n) is 3.82. The second kappa shape index (κ2) is 30.0. The summed E-state index contributed by atoms with van der Waals surface area (Å²) < 4.78 is 0. The Morgan fingerprint density at radius 3 is 0.844 bits per heavy atom. The fourth-order valence-corrected chi connectivity index (χ4v) is 1.88. The van der Waals surface area contributed by atoms with Crippen LogP contribution in [0.5, 0.6) is 0 Å². The molecule has 0 heterocycles. The second-order valence-electron chi connectivity index (χ2n) is 6.63. The Bertz CT molecular complexity index is 392. The molecule has 0 spiro atoms. The minimum absolute atomic E-state index is 0. The summed E-state index contributed by atoms with van der Waals surface area (Å²) in [5.41, 5.74) is 31.0. The van der Waals surface area contributed by atoms with Crippen LogP contribution in [0.3, 0.4) is 0 Å². The zero-order chi connectivity index (χ0) is 23.9. The Balaban J connectivity index is -0.000000110. The van der Waals surface area contributed by atoms with Gasteiger partial charge in [-0.05, 0) is 58.2 Å². The number of nitrogens with two attached hydrogens (primary N) is 6. The van der Waals surface area contributed by atoms with Crippen LogP contribution >= 0.6 is 12.4 Å². The normalized spacial score (nSPS) is 12.2. The van der Waals surface area contributed by atoms with Gasteiger partial charge in [0.25, 0.3) is 0 Å². The summed E-state index contributed by atoms with van der Waals surface area (Å²) in [6, 6.07) is -2.48. The molecule has 0 aliphatic carbocycles. The number of carbonyl (C=O) groups is 3. The fraction of sp³-hybridized carbons (Fsp3) is 0.833. The van der Waals surface area contributed by atoms with Crippen LogP contribution in [0.1, 0.15) is 57.8 Å². The van der Waals surface area contributed by atoms with Crippen molar-refractivity contribution in [3.8, 4) is 0 Å². The molecule has 0 unspecified atom stereocenters. The van der Waals surface area contributed by atoms with Crippen molar-refractivity contribution >= 4 is 30.3 Å².